The third-order valence-electron chi connectivity index (χ3n) is 3.21. The van der Waals surface area contributed by atoms with Crippen LogP contribution < -0.4 is 15.6 Å². The van der Waals surface area contributed by atoms with Crippen LogP contribution in [0.2, 0.25) is 0 Å². The third-order valence-corrected chi connectivity index (χ3v) is 6.84. The van der Waals surface area contributed by atoms with Gasteiger partial charge in [0.1, 0.15) is 4.21 Å². The van der Waals surface area contributed by atoms with E-state index in [2.05, 4.69) is 15.6 Å². The molecule has 7 nitrogen and oxygen atoms in total. The van der Waals surface area contributed by atoms with Crippen LogP contribution in [-0.4, -0.2) is 20.2 Å². The summed E-state index contributed by atoms with van der Waals surface area (Å²) in [6.45, 7) is 0. The number of anilines is 1. The van der Waals surface area contributed by atoms with Crippen molar-refractivity contribution in [3.63, 3.8) is 0 Å². The molecule has 2 amide bonds. The number of hydrogen-bond donors (Lipinski definition) is 3. The molecule has 3 N–H and O–H groups in total. The number of benzene rings is 1. The lowest BCUT2D eigenvalue weighted by atomic mass is 10.2. The van der Waals surface area contributed by atoms with E-state index in [0.717, 1.165) is 11.3 Å². The van der Waals surface area contributed by atoms with Gasteiger partial charge in [0.2, 0.25) is 0 Å². The van der Waals surface area contributed by atoms with Gasteiger partial charge in [-0.2, -0.15) is 0 Å². The number of sulfonamides is 1. The summed E-state index contributed by atoms with van der Waals surface area (Å²) in [4.78, 5) is 24.7. The molecule has 3 aromatic rings. The molecule has 134 valence electrons. The van der Waals surface area contributed by atoms with Gasteiger partial charge in [0.15, 0.2) is 0 Å². The Bertz CT molecular complexity index is 1010. The monoisotopic (exact) mass is 407 g/mol. The molecule has 0 aliphatic heterocycles. The van der Waals surface area contributed by atoms with Gasteiger partial charge in [-0.05, 0) is 35.0 Å². The van der Waals surface area contributed by atoms with Crippen molar-refractivity contribution in [3.8, 4) is 0 Å². The van der Waals surface area contributed by atoms with E-state index in [0.29, 0.717) is 4.88 Å². The number of hydrazine groups is 1. The Kier molecular flexibility index (Phi) is 5.35. The van der Waals surface area contributed by atoms with E-state index in [9.17, 15) is 18.0 Å². The number of carbonyl (C=O) groups excluding carboxylic acids is 2. The molecule has 0 spiro atoms. The molecule has 0 fully saturated rings. The van der Waals surface area contributed by atoms with E-state index >= 15 is 0 Å². The van der Waals surface area contributed by atoms with Crippen molar-refractivity contribution < 1.29 is 18.0 Å². The average Bonchev–Trinajstić information content (AvgIpc) is 3.33. The highest BCUT2D eigenvalue weighted by Crippen LogP contribution is 2.22. The summed E-state index contributed by atoms with van der Waals surface area (Å²) in [6.07, 6.45) is 0. The van der Waals surface area contributed by atoms with Crippen molar-refractivity contribution >= 4 is 50.2 Å². The molecule has 0 bridgehead atoms. The number of thiophene rings is 2. The lowest BCUT2D eigenvalue weighted by Crippen LogP contribution is -2.41. The number of rotatable bonds is 5. The minimum Gasteiger partial charge on any atom is -0.278 e. The van der Waals surface area contributed by atoms with Crippen LogP contribution in [0.3, 0.4) is 0 Å². The molecule has 0 aliphatic rings. The van der Waals surface area contributed by atoms with Gasteiger partial charge in [-0.15, -0.1) is 22.7 Å². The molecule has 10 heteroatoms. The van der Waals surface area contributed by atoms with Gasteiger partial charge >= 0.3 is 0 Å². The van der Waals surface area contributed by atoms with Gasteiger partial charge in [-0.3, -0.25) is 25.2 Å². The van der Waals surface area contributed by atoms with Crippen LogP contribution >= 0.6 is 22.7 Å². The lowest BCUT2D eigenvalue weighted by Gasteiger charge is -2.12. The maximum atomic E-state index is 12.4. The van der Waals surface area contributed by atoms with Crippen molar-refractivity contribution in [3.05, 3.63) is 69.7 Å². The summed E-state index contributed by atoms with van der Waals surface area (Å²) in [5.74, 6) is -1.09. The van der Waals surface area contributed by atoms with Crippen LogP contribution in [0.1, 0.15) is 20.0 Å². The van der Waals surface area contributed by atoms with E-state index in [-0.39, 0.29) is 15.5 Å². The number of nitrogens with one attached hydrogen (secondary N) is 3. The van der Waals surface area contributed by atoms with Gasteiger partial charge < -0.3 is 0 Å². The van der Waals surface area contributed by atoms with Crippen molar-refractivity contribution in [2.24, 2.45) is 0 Å². The first kappa shape index (κ1) is 18.1. The maximum absolute atomic E-state index is 12.4. The smallest absolute Gasteiger partial charge is 0.278 e. The molecule has 2 aromatic heterocycles. The molecule has 0 unspecified atom stereocenters. The molecule has 3 rings (SSSR count). The standard InChI is InChI=1S/C16H13N3O4S3/c20-15(17-18-16(21)13-7-3-9-24-13)11-5-1-2-6-12(11)19-26(22,23)14-8-4-10-25-14/h1-10,19H,(H,17,20)(H,18,21). The zero-order valence-electron chi connectivity index (χ0n) is 13.1. The van der Waals surface area contributed by atoms with Crippen LogP contribution in [0.25, 0.3) is 0 Å². The van der Waals surface area contributed by atoms with Crippen molar-refractivity contribution in [1.82, 2.24) is 10.9 Å². The summed E-state index contributed by atoms with van der Waals surface area (Å²) >= 11 is 2.30. The quantitative estimate of drug-likeness (QED) is 0.566. The Balaban J connectivity index is 1.74. The van der Waals surface area contributed by atoms with E-state index < -0.39 is 21.8 Å². The van der Waals surface area contributed by atoms with Crippen LogP contribution in [0.4, 0.5) is 5.69 Å². The number of carbonyl (C=O) groups is 2. The van der Waals surface area contributed by atoms with Crippen LogP contribution in [0.15, 0.2) is 63.5 Å². The third kappa shape index (κ3) is 4.10. The fourth-order valence-corrected chi connectivity index (χ4v) is 4.72. The summed E-state index contributed by atoms with van der Waals surface area (Å²) in [5, 5.41) is 3.39. The second kappa shape index (κ2) is 7.68. The first-order valence-electron chi connectivity index (χ1n) is 7.27. The highest BCUT2D eigenvalue weighted by atomic mass is 32.2. The van der Waals surface area contributed by atoms with Gasteiger partial charge in [0, 0.05) is 0 Å². The second-order valence-corrected chi connectivity index (χ2v) is 8.77. The minimum atomic E-state index is -3.79. The van der Waals surface area contributed by atoms with Gasteiger partial charge in [0.05, 0.1) is 16.1 Å². The van der Waals surface area contributed by atoms with Crippen LogP contribution in [0, 0.1) is 0 Å². The molecule has 0 saturated carbocycles. The van der Waals surface area contributed by atoms with E-state index in [1.54, 1.807) is 41.1 Å². The fourth-order valence-electron chi connectivity index (χ4n) is 2.03. The highest BCUT2D eigenvalue weighted by molar-refractivity contribution is 7.94. The van der Waals surface area contributed by atoms with Gasteiger partial charge in [0.25, 0.3) is 21.8 Å². The van der Waals surface area contributed by atoms with E-state index in [1.165, 1.54) is 29.5 Å². The summed E-state index contributed by atoms with van der Waals surface area (Å²) in [7, 11) is -3.79. The second-order valence-electron chi connectivity index (χ2n) is 4.97. The minimum absolute atomic E-state index is 0.0825. The Labute approximate surface area is 157 Å². The van der Waals surface area contributed by atoms with Crippen molar-refractivity contribution in [2.45, 2.75) is 4.21 Å². The van der Waals surface area contributed by atoms with Crippen molar-refractivity contribution in [1.29, 1.82) is 0 Å². The van der Waals surface area contributed by atoms with E-state index in [4.69, 9.17) is 0 Å². The molecular weight excluding hydrogens is 394 g/mol. The van der Waals surface area contributed by atoms with Crippen molar-refractivity contribution in [2.75, 3.05) is 4.72 Å². The lowest BCUT2D eigenvalue weighted by molar-refractivity contribution is 0.0849. The van der Waals surface area contributed by atoms with Crippen LogP contribution in [-0.2, 0) is 10.0 Å². The predicted molar refractivity (Wildman–Crippen MR) is 101 cm³/mol. The molecule has 26 heavy (non-hydrogen) atoms. The number of para-hydroxylation sites is 1. The predicted octanol–water partition coefficient (Wildman–Crippen LogP) is 2.69. The molecule has 1 aromatic carbocycles. The number of hydrogen-bond acceptors (Lipinski definition) is 6. The SMILES string of the molecule is O=C(NNC(=O)c1ccccc1NS(=O)(=O)c1cccs1)c1cccs1. The van der Waals surface area contributed by atoms with Gasteiger partial charge in [-0.1, -0.05) is 24.3 Å². The maximum Gasteiger partial charge on any atom is 0.279 e. The van der Waals surface area contributed by atoms with E-state index in [1.807, 2.05) is 0 Å². The van der Waals surface area contributed by atoms with Gasteiger partial charge in [-0.25, -0.2) is 8.42 Å². The Morgan fingerprint density at radius 2 is 1.50 bits per heavy atom. The Morgan fingerprint density at radius 1 is 0.808 bits per heavy atom. The summed E-state index contributed by atoms with van der Waals surface area (Å²) in [6, 6.07) is 12.6. The zero-order valence-corrected chi connectivity index (χ0v) is 15.6. The number of amides is 2. The topological polar surface area (TPSA) is 104 Å². The normalized spacial score (nSPS) is 10.9. The molecular formula is C16H13N3O4S3. The molecule has 2 heterocycles. The fraction of sp³-hybridized carbons (Fsp3) is 0. The highest BCUT2D eigenvalue weighted by Gasteiger charge is 2.19. The molecule has 0 saturated heterocycles. The Hall–Kier alpha value is -2.69. The summed E-state index contributed by atoms with van der Waals surface area (Å²) in [5.41, 5.74) is 4.78. The zero-order chi connectivity index (χ0) is 18.6. The first-order valence-corrected chi connectivity index (χ1v) is 10.5. The van der Waals surface area contributed by atoms with Crippen LogP contribution in [0.5, 0.6) is 0 Å². The molecule has 0 atom stereocenters. The largest absolute Gasteiger partial charge is 0.279 e. The summed E-state index contributed by atoms with van der Waals surface area (Å²) < 4.78 is 27.3. The molecule has 0 radical (unpaired) electrons. The first-order chi connectivity index (χ1) is 12.5. The molecule has 0 aliphatic carbocycles. The average molecular weight is 407 g/mol. The Morgan fingerprint density at radius 3 is 2.19 bits per heavy atom.